The van der Waals surface area contributed by atoms with Crippen molar-refractivity contribution in [3.8, 4) is 0 Å². The predicted octanol–water partition coefficient (Wildman–Crippen LogP) is 8.77. The Morgan fingerprint density at radius 2 is 0.792 bits per heavy atom. The predicted molar refractivity (Wildman–Crippen MR) is 111 cm³/mol. The molecule has 140 valence electrons. The third kappa shape index (κ3) is 13.9. The van der Waals surface area contributed by atoms with Crippen molar-refractivity contribution in [2.45, 2.75) is 122 Å². The largest absolute Gasteiger partial charge is 0.0776 e. The fourth-order valence-electron chi connectivity index (χ4n) is 3.78. The van der Waals surface area contributed by atoms with E-state index in [1.54, 1.807) is 0 Å². The van der Waals surface area contributed by atoms with Crippen LogP contribution < -0.4 is 0 Å². The van der Waals surface area contributed by atoms with Crippen LogP contribution in [-0.4, -0.2) is 0 Å². The second-order valence-corrected chi connectivity index (χ2v) is 7.88. The molecular weight excluding hydrogens is 288 g/mol. The van der Waals surface area contributed by atoms with Crippen LogP contribution in [0.15, 0.2) is 24.3 Å². The van der Waals surface area contributed by atoms with Crippen molar-refractivity contribution in [1.82, 2.24) is 0 Å². The highest BCUT2D eigenvalue weighted by Crippen LogP contribution is 2.18. The Kier molecular flexibility index (Phi) is 15.5. The highest BCUT2D eigenvalue weighted by Gasteiger charge is 2.02. The van der Waals surface area contributed by atoms with E-state index in [4.69, 9.17) is 0 Å². The molecule has 0 unspecified atom stereocenters. The third-order valence-corrected chi connectivity index (χ3v) is 5.47. The lowest BCUT2D eigenvalue weighted by Gasteiger charge is -2.05. The number of allylic oxidation sites excluding steroid dienone is 4. The van der Waals surface area contributed by atoms with Crippen molar-refractivity contribution in [3.05, 3.63) is 24.3 Å². The van der Waals surface area contributed by atoms with Gasteiger partial charge < -0.3 is 0 Å². The van der Waals surface area contributed by atoms with Crippen LogP contribution >= 0.6 is 0 Å². The van der Waals surface area contributed by atoms with Gasteiger partial charge >= 0.3 is 0 Å². The van der Waals surface area contributed by atoms with Crippen LogP contribution in [0.2, 0.25) is 0 Å². The minimum absolute atomic E-state index is 0.751. The standard InChI is InChI=1S/C24H44/c1-2-3-4-5-6-7-8-9-10-11-12-13-14-15-16-17-18-21-24-22-19-20-23-24/h19-20,22-24H,2-18,21H2,1H3. The van der Waals surface area contributed by atoms with Crippen molar-refractivity contribution in [1.29, 1.82) is 0 Å². The van der Waals surface area contributed by atoms with Crippen LogP contribution in [0.3, 0.4) is 0 Å². The lowest BCUT2D eigenvalue weighted by atomic mass is 10.0. The molecule has 0 radical (unpaired) electrons. The zero-order chi connectivity index (χ0) is 17.1. The molecule has 0 bridgehead atoms. The molecule has 0 heterocycles. The maximum atomic E-state index is 2.34. The first kappa shape index (κ1) is 21.5. The number of hydrogen-bond acceptors (Lipinski definition) is 0. The molecule has 0 aromatic carbocycles. The van der Waals surface area contributed by atoms with Gasteiger partial charge in [0.25, 0.3) is 0 Å². The van der Waals surface area contributed by atoms with Gasteiger partial charge in [0.05, 0.1) is 0 Å². The highest BCUT2D eigenvalue weighted by molar-refractivity contribution is 5.17. The Morgan fingerprint density at radius 1 is 0.458 bits per heavy atom. The van der Waals surface area contributed by atoms with Crippen LogP contribution in [0.4, 0.5) is 0 Å². The Labute approximate surface area is 153 Å². The first-order chi connectivity index (χ1) is 11.9. The summed E-state index contributed by atoms with van der Waals surface area (Å²) >= 11 is 0. The van der Waals surface area contributed by atoms with E-state index in [0.717, 1.165) is 5.92 Å². The number of unbranched alkanes of at least 4 members (excludes halogenated alkanes) is 16. The lowest BCUT2D eigenvalue weighted by molar-refractivity contribution is 0.521. The molecule has 0 saturated heterocycles. The Balaban J connectivity index is 1.65. The van der Waals surface area contributed by atoms with E-state index in [9.17, 15) is 0 Å². The van der Waals surface area contributed by atoms with E-state index >= 15 is 0 Å². The average molecular weight is 333 g/mol. The van der Waals surface area contributed by atoms with Crippen molar-refractivity contribution in [3.63, 3.8) is 0 Å². The van der Waals surface area contributed by atoms with Crippen LogP contribution in [0.1, 0.15) is 122 Å². The average Bonchev–Trinajstić information content (AvgIpc) is 3.11. The van der Waals surface area contributed by atoms with E-state index in [-0.39, 0.29) is 0 Å². The molecular formula is C24H44. The Hall–Kier alpha value is -0.520. The third-order valence-electron chi connectivity index (χ3n) is 5.47. The molecule has 0 atom stereocenters. The van der Waals surface area contributed by atoms with Gasteiger partial charge in [-0.15, -0.1) is 0 Å². The molecule has 0 aliphatic heterocycles. The summed E-state index contributed by atoms with van der Waals surface area (Å²) in [6.45, 7) is 2.30. The fourth-order valence-corrected chi connectivity index (χ4v) is 3.78. The normalized spacial score (nSPS) is 14.0. The molecule has 0 heteroatoms. The number of rotatable bonds is 18. The molecule has 0 amide bonds. The molecule has 0 N–H and O–H groups in total. The van der Waals surface area contributed by atoms with Crippen molar-refractivity contribution < 1.29 is 0 Å². The fraction of sp³-hybridized carbons (Fsp3) is 0.833. The summed E-state index contributed by atoms with van der Waals surface area (Å²) in [5, 5.41) is 0. The first-order valence-corrected chi connectivity index (χ1v) is 11.3. The van der Waals surface area contributed by atoms with Crippen LogP contribution in [0.25, 0.3) is 0 Å². The van der Waals surface area contributed by atoms with E-state index in [0.29, 0.717) is 0 Å². The van der Waals surface area contributed by atoms with Gasteiger partial charge in [0.1, 0.15) is 0 Å². The highest BCUT2D eigenvalue weighted by atomic mass is 14.1. The molecule has 0 aromatic heterocycles. The lowest BCUT2D eigenvalue weighted by Crippen LogP contribution is -1.89. The first-order valence-electron chi connectivity index (χ1n) is 11.3. The second kappa shape index (κ2) is 17.3. The van der Waals surface area contributed by atoms with Gasteiger partial charge in [-0.05, 0) is 12.3 Å². The summed E-state index contributed by atoms with van der Waals surface area (Å²) < 4.78 is 0. The summed E-state index contributed by atoms with van der Waals surface area (Å²) in [7, 11) is 0. The van der Waals surface area contributed by atoms with E-state index in [2.05, 4.69) is 31.2 Å². The molecule has 1 aliphatic carbocycles. The van der Waals surface area contributed by atoms with Gasteiger partial charge in [0.2, 0.25) is 0 Å². The summed E-state index contributed by atoms with van der Waals surface area (Å²) in [4.78, 5) is 0. The molecule has 0 nitrogen and oxygen atoms in total. The zero-order valence-corrected chi connectivity index (χ0v) is 16.6. The van der Waals surface area contributed by atoms with Gasteiger partial charge in [0, 0.05) is 0 Å². The monoisotopic (exact) mass is 332 g/mol. The summed E-state index contributed by atoms with van der Waals surface area (Å²) in [5.41, 5.74) is 0. The SMILES string of the molecule is CCCCCCCCCCCCCCCCCCCC1C=CC=C1. The van der Waals surface area contributed by atoms with Crippen molar-refractivity contribution in [2.75, 3.05) is 0 Å². The number of hydrogen-bond donors (Lipinski definition) is 0. The van der Waals surface area contributed by atoms with Crippen LogP contribution in [-0.2, 0) is 0 Å². The van der Waals surface area contributed by atoms with Crippen LogP contribution in [0, 0.1) is 5.92 Å². The maximum Gasteiger partial charge on any atom is -0.00473 e. The molecule has 24 heavy (non-hydrogen) atoms. The van der Waals surface area contributed by atoms with E-state index < -0.39 is 0 Å². The van der Waals surface area contributed by atoms with Gasteiger partial charge in [-0.25, -0.2) is 0 Å². The van der Waals surface area contributed by atoms with E-state index in [1.165, 1.54) is 116 Å². The quantitative estimate of drug-likeness (QED) is 0.220. The van der Waals surface area contributed by atoms with Gasteiger partial charge in [0.15, 0.2) is 0 Å². The molecule has 0 aromatic rings. The van der Waals surface area contributed by atoms with Crippen molar-refractivity contribution >= 4 is 0 Å². The summed E-state index contributed by atoms with van der Waals surface area (Å²) in [5.74, 6) is 0.751. The minimum atomic E-state index is 0.751. The van der Waals surface area contributed by atoms with Crippen molar-refractivity contribution in [2.24, 2.45) is 5.92 Å². The zero-order valence-electron chi connectivity index (χ0n) is 16.6. The van der Waals surface area contributed by atoms with Crippen LogP contribution in [0.5, 0.6) is 0 Å². The topological polar surface area (TPSA) is 0 Å². The second-order valence-electron chi connectivity index (χ2n) is 7.88. The molecule has 1 rings (SSSR count). The smallest absolute Gasteiger partial charge is 0.00473 e. The molecule has 0 spiro atoms. The Morgan fingerprint density at radius 3 is 1.17 bits per heavy atom. The maximum absolute atomic E-state index is 2.34. The summed E-state index contributed by atoms with van der Waals surface area (Å²) in [6.07, 6.45) is 35.3. The van der Waals surface area contributed by atoms with Gasteiger partial charge in [-0.1, -0.05) is 140 Å². The molecule has 0 saturated carbocycles. The minimum Gasteiger partial charge on any atom is -0.0776 e. The molecule has 1 aliphatic rings. The van der Waals surface area contributed by atoms with Gasteiger partial charge in [-0.3, -0.25) is 0 Å². The Bertz CT molecular complexity index is 287. The summed E-state index contributed by atoms with van der Waals surface area (Å²) in [6, 6.07) is 0. The van der Waals surface area contributed by atoms with E-state index in [1.807, 2.05) is 0 Å². The van der Waals surface area contributed by atoms with Gasteiger partial charge in [-0.2, -0.15) is 0 Å². The molecule has 0 fully saturated rings.